The van der Waals surface area contributed by atoms with Crippen molar-refractivity contribution in [3.8, 4) is 0 Å². The predicted molar refractivity (Wildman–Crippen MR) is 89.3 cm³/mol. The summed E-state index contributed by atoms with van der Waals surface area (Å²) in [5, 5.41) is 0. The molecule has 0 amide bonds. The van der Waals surface area contributed by atoms with Gasteiger partial charge in [-0.3, -0.25) is 0 Å². The number of thiol groups is 1. The van der Waals surface area contributed by atoms with Gasteiger partial charge in [-0.1, -0.05) is 18.2 Å². The van der Waals surface area contributed by atoms with Gasteiger partial charge in [0.25, 0.3) is 0 Å². The fourth-order valence-electron chi connectivity index (χ4n) is 2.26. The monoisotopic (exact) mass is 362 g/mol. The van der Waals surface area contributed by atoms with Crippen molar-refractivity contribution in [2.45, 2.75) is 45.1 Å². The quantitative estimate of drug-likeness (QED) is 0.474. The predicted octanol–water partition coefficient (Wildman–Crippen LogP) is 4.79. The van der Waals surface area contributed by atoms with E-state index in [1.807, 2.05) is 27.7 Å². The lowest BCUT2D eigenvalue weighted by Gasteiger charge is -2.32. The van der Waals surface area contributed by atoms with Gasteiger partial charge < -0.3 is 9.31 Å². The van der Waals surface area contributed by atoms with Gasteiger partial charge in [0.15, 0.2) is 0 Å². The molecule has 0 N–H and O–H groups in total. The van der Waals surface area contributed by atoms with Gasteiger partial charge in [0.05, 0.1) is 16.8 Å². The first-order chi connectivity index (χ1) is 10.9. The molecule has 1 aliphatic rings. The number of hydrogen-bond donors (Lipinski definition) is 1. The zero-order valence-electron chi connectivity index (χ0n) is 13.9. The molecule has 2 nitrogen and oxygen atoms in total. The molecule has 1 saturated heterocycles. The van der Waals surface area contributed by atoms with Crippen LogP contribution in [0.5, 0.6) is 0 Å². The van der Waals surface area contributed by atoms with Gasteiger partial charge in [-0.15, -0.1) is 0 Å². The third-order valence-corrected chi connectivity index (χ3v) is 4.78. The van der Waals surface area contributed by atoms with Crippen LogP contribution in [0.4, 0.5) is 17.6 Å². The molecule has 8 heteroatoms. The SMILES string of the molecule is CC1(C)OB(C(=Cc2cccc(C(F)(F)F)c2F)CS)OC1(C)C. The molecule has 2 rings (SSSR count). The Bertz CT molecular complexity index is 640. The van der Waals surface area contributed by atoms with E-state index in [1.165, 1.54) is 12.1 Å². The Morgan fingerprint density at radius 1 is 1.17 bits per heavy atom. The van der Waals surface area contributed by atoms with Gasteiger partial charge in [-0.2, -0.15) is 25.8 Å². The molecule has 1 aromatic carbocycles. The maximum atomic E-state index is 14.2. The highest BCUT2D eigenvalue weighted by Crippen LogP contribution is 2.39. The van der Waals surface area contributed by atoms with Crippen LogP contribution in [0.2, 0.25) is 0 Å². The lowest BCUT2D eigenvalue weighted by atomic mass is 9.78. The average molecular weight is 362 g/mol. The Morgan fingerprint density at radius 2 is 1.71 bits per heavy atom. The van der Waals surface area contributed by atoms with Crippen LogP contribution in [-0.2, 0) is 15.5 Å². The zero-order chi connectivity index (χ0) is 18.3. The first kappa shape index (κ1) is 19.3. The Labute approximate surface area is 144 Å². The van der Waals surface area contributed by atoms with Crippen molar-refractivity contribution in [1.29, 1.82) is 0 Å². The first-order valence-electron chi connectivity index (χ1n) is 7.42. The van der Waals surface area contributed by atoms with Gasteiger partial charge in [0.2, 0.25) is 0 Å². The molecule has 0 unspecified atom stereocenters. The number of alkyl halides is 3. The van der Waals surface area contributed by atoms with Gasteiger partial charge in [-0.25, -0.2) is 4.39 Å². The van der Waals surface area contributed by atoms with Crippen molar-refractivity contribution in [2.24, 2.45) is 0 Å². The molecule has 0 saturated carbocycles. The summed E-state index contributed by atoms with van der Waals surface area (Å²) in [6.45, 7) is 7.42. The van der Waals surface area contributed by atoms with Crippen LogP contribution in [0.15, 0.2) is 23.7 Å². The van der Waals surface area contributed by atoms with Crippen LogP contribution in [-0.4, -0.2) is 24.1 Å². The summed E-state index contributed by atoms with van der Waals surface area (Å²) in [4.78, 5) is 0. The van der Waals surface area contributed by atoms with E-state index < -0.39 is 35.9 Å². The normalized spacial score (nSPS) is 20.5. The second-order valence-electron chi connectivity index (χ2n) is 6.67. The van der Waals surface area contributed by atoms with Gasteiger partial charge >= 0.3 is 13.3 Å². The maximum Gasteiger partial charge on any atom is 0.491 e. The van der Waals surface area contributed by atoms with Crippen LogP contribution < -0.4 is 0 Å². The summed E-state index contributed by atoms with van der Waals surface area (Å²) < 4.78 is 64.4. The largest absolute Gasteiger partial charge is 0.491 e. The van der Waals surface area contributed by atoms with Crippen molar-refractivity contribution in [1.82, 2.24) is 0 Å². The molecule has 1 aliphatic heterocycles. The molecule has 0 aliphatic carbocycles. The van der Waals surface area contributed by atoms with Crippen molar-refractivity contribution in [3.05, 3.63) is 40.6 Å². The number of hydrogen-bond acceptors (Lipinski definition) is 3. The van der Waals surface area contributed by atoms with Crippen molar-refractivity contribution >= 4 is 25.8 Å². The summed E-state index contributed by atoms with van der Waals surface area (Å²) in [5.74, 6) is -1.16. The van der Waals surface area contributed by atoms with Crippen LogP contribution in [0.25, 0.3) is 6.08 Å². The Balaban J connectivity index is 2.40. The fraction of sp³-hybridized carbons (Fsp3) is 0.500. The minimum Gasteiger partial charge on any atom is -0.400 e. The molecule has 0 bridgehead atoms. The Kier molecular flexibility index (Phi) is 5.15. The molecule has 1 fully saturated rings. The van der Waals surface area contributed by atoms with E-state index >= 15 is 0 Å². The average Bonchev–Trinajstić information content (AvgIpc) is 2.64. The van der Waals surface area contributed by atoms with Gasteiger partial charge in [-0.05, 0) is 39.2 Å². The van der Waals surface area contributed by atoms with E-state index in [0.29, 0.717) is 11.5 Å². The van der Waals surface area contributed by atoms with Gasteiger partial charge in [0.1, 0.15) is 5.82 Å². The van der Waals surface area contributed by atoms with Crippen LogP contribution in [0, 0.1) is 5.82 Å². The van der Waals surface area contributed by atoms with Crippen LogP contribution in [0.3, 0.4) is 0 Å². The van der Waals surface area contributed by atoms with E-state index in [0.717, 1.165) is 6.07 Å². The standard InChI is InChI=1S/C16H19BF4O2S/c1-14(2)15(3,4)23-17(22-14)11(9-24)8-10-6-5-7-12(13(10)18)16(19,20)21/h5-8,24H,9H2,1-4H3. The van der Waals surface area contributed by atoms with E-state index in [4.69, 9.17) is 9.31 Å². The summed E-state index contributed by atoms with van der Waals surface area (Å²) in [6, 6.07) is 3.15. The minimum absolute atomic E-state index is 0.159. The van der Waals surface area contributed by atoms with Crippen molar-refractivity contribution in [3.63, 3.8) is 0 Å². The number of rotatable bonds is 3. The highest BCUT2D eigenvalue weighted by molar-refractivity contribution is 7.80. The third kappa shape index (κ3) is 3.65. The smallest absolute Gasteiger partial charge is 0.400 e. The van der Waals surface area contributed by atoms with Crippen LogP contribution in [0.1, 0.15) is 38.8 Å². The minimum atomic E-state index is -4.75. The van der Waals surface area contributed by atoms with E-state index in [9.17, 15) is 17.6 Å². The van der Waals surface area contributed by atoms with Crippen LogP contribution >= 0.6 is 12.6 Å². The highest BCUT2D eigenvalue weighted by atomic mass is 32.1. The topological polar surface area (TPSA) is 18.5 Å². The molecule has 1 heterocycles. The molecular formula is C16H19BF4O2S. The molecular weight excluding hydrogens is 343 g/mol. The molecule has 132 valence electrons. The molecule has 24 heavy (non-hydrogen) atoms. The molecule has 1 aromatic rings. The zero-order valence-corrected chi connectivity index (χ0v) is 14.8. The highest BCUT2D eigenvalue weighted by Gasteiger charge is 2.52. The van der Waals surface area contributed by atoms with Crippen molar-refractivity contribution in [2.75, 3.05) is 5.75 Å². The summed E-state index contributed by atoms with van der Waals surface area (Å²) >= 11 is 4.18. The summed E-state index contributed by atoms with van der Waals surface area (Å²) in [7, 11) is -0.790. The molecule has 0 atom stereocenters. The summed E-state index contributed by atoms with van der Waals surface area (Å²) in [6.07, 6.45) is -3.45. The van der Waals surface area contributed by atoms with Crippen molar-refractivity contribution < 1.29 is 26.9 Å². The second kappa shape index (κ2) is 6.39. The molecule has 0 radical (unpaired) electrons. The lowest BCUT2D eigenvalue weighted by Crippen LogP contribution is -2.41. The first-order valence-corrected chi connectivity index (χ1v) is 8.05. The second-order valence-corrected chi connectivity index (χ2v) is 6.99. The lowest BCUT2D eigenvalue weighted by molar-refractivity contribution is -0.140. The third-order valence-electron chi connectivity index (χ3n) is 4.41. The Hall–Kier alpha value is -0.985. The van der Waals surface area contributed by atoms with Gasteiger partial charge in [0, 0.05) is 11.3 Å². The molecule has 0 aromatic heterocycles. The summed E-state index contributed by atoms with van der Waals surface area (Å²) in [5.41, 5.74) is -2.24. The Morgan fingerprint density at radius 3 is 2.17 bits per heavy atom. The number of halogens is 4. The maximum absolute atomic E-state index is 14.2. The van der Waals surface area contributed by atoms with E-state index in [2.05, 4.69) is 12.6 Å². The number of benzene rings is 1. The fourth-order valence-corrected chi connectivity index (χ4v) is 2.50. The molecule has 0 spiro atoms. The van der Waals surface area contributed by atoms with E-state index in [1.54, 1.807) is 0 Å². The van der Waals surface area contributed by atoms with E-state index in [-0.39, 0.29) is 11.3 Å².